The van der Waals surface area contributed by atoms with Crippen molar-refractivity contribution in [2.75, 3.05) is 13.1 Å². The molecule has 2 rings (SSSR count). The predicted octanol–water partition coefficient (Wildman–Crippen LogP) is 0.387. The van der Waals surface area contributed by atoms with E-state index in [0.717, 1.165) is 5.69 Å². The molecular formula is C13H18N2O4. The fourth-order valence-corrected chi connectivity index (χ4v) is 2.38. The largest absolute Gasteiger partial charge is 0.503 e. The summed E-state index contributed by atoms with van der Waals surface area (Å²) in [7, 11) is 1.78. The summed E-state index contributed by atoms with van der Waals surface area (Å²) in [5.41, 5.74) is 0.435. The molecule has 0 radical (unpaired) electrons. The lowest BCUT2D eigenvalue weighted by molar-refractivity contribution is -0.143. The molecule has 0 unspecified atom stereocenters. The number of carbonyl (C=O) groups is 1. The van der Waals surface area contributed by atoms with Crippen molar-refractivity contribution in [3.05, 3.63) is 28.2 Å². The van der Waals surface area contributed by atoms with E-state index in [1.54, 1.807) is 11.6 Å². The van der Waals surface area contributed by atoms with E-state index in [9.17, 15) is 14.7 Å². The smallest absolute Gasteiger partial charge is 0.306 e. The summed E-state index contributed by atoms with van der Waals surface area (Å²) in [6.45, 7) is 2.02. The SMILES string of the molecule is Cn1cc(O)c(=O)cc1CN1CCC(C(=O)O)CC1. The summed E-state index contributed by atoms with van der Waals surface area (Å²) >= 11 is 0. The molecule has 0 amide bonds. The summed E-state index contributed by atoms with van der Waals surface area (Å²) in [5.74, 6) is -1.23. The van der Waals surface area contributed by atoms with Crippen LogP contribution in [0.15, 0.2) is 17.1 Å². The first-order valence-corrected chi connectivity index (χ1v) is 6.31. The molecule has 0 atom stereocenters. The van der Waals surface area contributed by atoms with Gasteiger partial charge in [-0.1, -0.05) is 0 Å². The molecule has 6 heteroatoms. The average Bonchev–Trinajstić information content (AvgIpc) is 2.36. The number of nitrogens with zero attached hydrogens (tertiary/aromatic N) is 2. The fourth-order valence-electron chi connectivity index (χ4n) is 2.38. The third-order valence-corrected chi connectivity index (χ3v) is 3.64. The number of hydrogen-bond acceptors (Lipinski definition) is 4. The van der Waals surface area contributed by atoms with Crippen molar-refractivity contribution < 1.29 is 15.0 Å². The zero-order chi connectivity index (χ0) is 14.0. The van der Waals surface area contributed by atoms with E-state index in [4.69, 9.17) is 5.11 Å². The van der Waals surface area contributed by atoms with Crippen molar-refractivity contribution in [2.45, 2.75) is 19.4 Å². The average molecular weight is 266 g/mol. The van der Waals surface area contributed by atoms with Crippen LogP contribution in [0.1, 0.15) is 18.5 Å². The van der Waals surface area contributed by atoms with Crippen LogP contribution >= 0.6 is 0 Å². The number of aromatic hydroxyl groups is 1. The Balaban J connectivity index is 2.02. The standard InChI is InChI=1S/C13H18N2O4/c1-14-8-12(17)11(16)6-10(14)7-15-4-2-9(3-5-15)13(18)19/h6,8-9,17H,2-5,7H2,1H3,(H,18,19). The minimum atomic E-state index is -0.725. The summed E-state index contributed by atoms with van der Waals surface area (Å²) in [6.07, 6.45) is 2.68. The van der Waals surface area contributed by atoms with Crippen LogP contribution in [0, 0.1) is 5.92 Å². The lowest BCUT2D eigenvalue weighted by Crippen LogP contribution is -2.36. The first kappa shape index (κ1) is 13.6. The normalized spacial score (nSPS) is 17.5. The molecule has 6 nitrogen and oxygen atoms in total. The highest BCUT2D eigenvalue weighted by Crippen LogP contribution is 2.19. The summed E-state index contributed by atoms with van der Waals surface area (Å²) in [6, 6.07) is 1.43. The van der Waals surface area contributed by atoms with Crippen molar-refractivity contribution >= 4 is 5.97 Å². The Morgan fingerprint density at radius 1 is 1.42 bits per heavy atom. The topological polar surface area (TPSA) is 82.8 Å². The lowest BCUT2D eigenvalue weighted by Gasteiger charge is -2.30. The van der Waals surface area contributed by atoms with E-state index in [1.165, 1.54) is 12.3 Å². The molecule has 1 saturated heterocycles. The Hall–Kier alpha value is -1.82. The van der Waals surface area contributed by atoms with Crippen molar-refractivity contribution in [3.63, 3.8) is 0 Å². The van der Waals surface area contributed by atoms with E-state index in [2.05, 4.69) is 4.90 Å². The number of rotatable bonds is 3. The maximum absolute atomic E-state index is 11.4. The van der Waals surface area contributed by atoms with Gasteiger partial charge in [0.25, 0.3) is 0 Å². The van der Waals surface area contributed by atoms with Gasteiger partial charge in [-0.2, -0.15) is 0 Å². The van der Waals surface area contributed by atoms with Gasteiger partial charge in [-0.3, -0.25) is 14.5 Å². The van der Waals surface area contributed by atoms with Gasteiger partial charge in [0, 0.05) is 31.5 Å². The Morgan fingerprint density at radius 3 is 2.63 bits per heavy atom. The minimum absolute atomic E-state index is 0.250. The highest BCUT2D eigenvalue weighted by molar-refractivity contribution is 5.70. The number of aliphatic carboxylic acids is 1. The second-order valence-electron chi connectivity index (χ2n) is 5.01. The van der Waals surface area contributed by atoms with Gasteiger partial charge in [-0.15, -0.1) is 0 Å². The Labute approximate surface area is 110 Å². The summed E-state index contributed by atoms with van der Waals surface area (Å²) < 4.78 is 1.72. The Kier molecular flexibility index (Phi) is 3.90. The highest BCUT2D eigenvalue weighted by atomic mass is 16.4. The summed E-state index contributed by atoms with van der Waals surface area (Å²) in [4.78, 5) is 24.4. The first-order valence-electron chi connectivity index (χ1n) is 6.31. The van der Waals surface area contributed by atoms with Crippen molar-refractivity contribution in [3.8, 4) is 5.75 Å². The van der Waals surface area contributed by atoms with E-state index >= 15 is 0 Å². The van der Waals surface area contributed by atoms with Gasteiger partial charge in [0.15, 0.2) is 5.75 Å². The lowest BCUT2D eigenvalue weighted by atomic mass is 9.97. The minimum Gasteiger partial charge on any atom is -0.503 e. The first-order chi connectivity index (χ1) is 8.97. The third kappa shape index (κ3) is 3.14. The van der Waals surface area contributed by atoms with E-state index in [-0.39, 0.29) is 17.1 Å². The molecule has 2 N–H and O–H groups in total. The second kappa shape index (κ2) is 5.44. The molecule has 2 heterocycles. The molecule has 0 saturated carbocycles. The molecule has 104 valence electrons. The van der Waals surface area contributed by atoms with Crippen molar-refractivity contribution in [2.24, 2.45) is 13.0 Å². The van der Waals surface area contributed by atoms with Crippen LogP contribution in [-0.2, 0) is 18.4 Å². The number of carboxylic acids is 1. The zero-order valence-electron chi connectivity index (χ0n) is 10.9. The van der Waals surface area contributed by atoms with E-state index in [0.29, 0.717) is 32.5 Å². The van der Waals surface area contributed by atoms with E-state index < -0.39 is 5.97 Å². The van der Waals surface area contributed by atoms with Crippen LogP contribution in [0.5, 0.6) is 5.75 Å². The van der Waals surface area contributed by atoms with Gasteiger partial charge in [0.2, 0.25) is 5.43 Å². The molecule has 1 aliphatic heterocycles. The third-order valence-electron chi connectivity index (χ3n) is 3.64. The predicted molar refractivity (Wildman–Crippen MR) is 69.0 cm³/mol. The quantitative estimate of drug-likeness (QED) is 0.827. The Morgan fingerprint density at radius 2 is 2.05 bits per heavy atom. The van der Waals surface area contributed by atoms with Crippen LogP contribution < -0.4 is 5.43 Å². The number of hydrogen-bond donors (Lipinski definition) is 2. The molecule has 1 fully saturated rings. The molecule has 0 aromatic carbocycles. The number of pyridine rings is 1. The number of likely N-dealkylation sites (tertiary alicyclic amines) is 1. The number of carboxylic acid groups (broad SMARTS) is 1. The molecule has 0 aliphatic carbocycles. The summed E-state index contributed by atoms with van der Waals surface area (Å²) in [5, 5.41) is 18.2. The van der Waals surface area contributed by atoms with Gasteiger partial charge in [-0.25, -0.2) is 0 Å². The van der Waals surface area contributed by atoms with Gasteiger partial charge < -0.3 is 14.8 Å². The molecule has 1 aromatic heterocycles. The van der Waals surface area contributed by atoms with Gasteiger partial charge in [0.1, 0.15) is 0 Å². The van der Waals surface area contributed by atoms with Crippen molar-refractivity contribution in [1.29, 1.82) is 0 Å². The van der Waals surface area contributed by atoms with E-state index in [1.807, 2.05) is 0 Å². The fraction of sp³-hybridized carbons (Fsp3) is 0.538. The molecular weight excluding hydrogens is 248 g/mol. The molecule has 1 aromatic rings. The number of aromatic nitrogens is 1. The number of piperidine rings is 1. The van der Waals surface area contributed by atoms with Crippen LogP contribution in [-0.4, -0.2) is 38.7 Å². The molecule has 0 bridgehead atoms. The van der Waals surface area contributed by atoms with Crippen LogP contribution in [0.3, 0.4) is 0 Å². The van der Waals surface area contributed by atoms with Crippen LogP contribution in [0.4, 0.5) is 0 Å². The second-order valence-corrected chi connectivity index (χ2v) is 5.01. The number of aryl methyl sites for hydroxylation is 1. The van der Waals surface area contributed by atoms with Crippen LogP contribution in [0.25, 0.3) is 0 Å². The highest BCUT2D eigenvalue weighted by Gasteiger charge is 2.24. The monoisotopic (exact) mass is 266 g/mol. The van der Waals surface area contributed by atoms with Gasteiger partial charge >= 0.3 is 5.97 Å². The zero-order valence-corrected chi connectivity index (χ0v) is 10.9. The van der Waals surface area contributed by atoms with Crippen molar-refractivity contribution in [1.82, 2.24) is 9.47 Å². The Bertz CT molecular complexity index is 530. The van der Waals surface area contributed by atoms with Crippen LogP contribution in [0.2, 0.25) is 0 Å². The maximum Gasteiger partial charge on any atom is 0.306 e. The molecule has 1 aliphatic rings. The van der Waals surface area contributed by atoms with Gasteiger partial charge in [-0.05, 0) is 25.9 Å². The maximum atomic E-state index is 11.4. The van der Waals surface area contributed by atoms with Gasteiger partial charge in [0.05, 0.1) is 5.92 Å². The molecule has 19 heavy (non-hydrogen) atoms. The molecule has 0 spiro atoms.